The van der Waals surface area contributed by atoms with Crippen molar-refractivity contribution in [1.82, 2.24) is 9.80 Å². The van der Waals surface area contributed by atoms with Gasteiger partial charge in [0.25, 0.3) is 0 Å². The molecule has 1 heterocycles. The molecular formula is C13H23N3. The summed E-state index contributed by atoms with van der Waals surface area (Å²) in [4.78, 5) is 4.97. The Bertz CT molecular complexity index is 277. The predicted octanol–water partition coefficient (Wildman–Crippen LogP) is 1.47. The summed E-state index contributed by atoms with van der Waals surface area (Å²) < 4.78 is 0. The molecule has 90 valence electrons. The fourth-order valence-electron chi connectivity index (χ4n) is 2.57. The van der Waals surface area contributed by atoms with Gasteiger partial charge in [-0.1, -0.05) is 13.0 Å². The van der Waals surface area contributed by atoms with Gasteiger partial charge in [-0.3, -0.25) is 0 Å². The van der Waals surface area contributed by atoms with Crippen LogP contribution in [-0.4, -0.2) is 55.3 Å². The molecule has 0 amide bonds. The highest BCUT2D eigenvalue weighted by molar-refractivity contribution is 5.93. The molecule has 0 radical (unpaired) electrons. The van der Waals surface area contributed by atoms with Gasteiger partial charge in [-0.05, 0) is 31.4 Å². The van der Waals surface area contributed by atoms with Crippen LogP contribution in [0.1, 0.15) is 13.3 Å². The largest absolute Gasteiger partial charge is 0.305 e. The minimum atomic E-state index is 0.636. The van der Waals surface area contributed by atoms with E-state index >= 15 is 0 Å². The Balaban J connectivity index is 1.85. The molecule has 1 N–H and O–H groups in total. The Morgan fingerprint density at radius 3 is 2.62 bits per heavy atom. The number of allylic oxidation sites excluding steroid dienone is 1. The lowest BCUT2D eigenvalue weighted by atomic mass is 9.84. The van der Waals surface area contributed by atoms with Crippen molar-refractivity contribution < 1.29 is 0 Å². The van der Waals surface area contributed by atoms with Crippen LogP contribution in [-0.2, 0) is 0 Å². The summed E-state index contributed by atoms with van der Waals surface area (Å²) >= 11 is 0. The van der Waals surface area contributed by atoms with E-state index in [4.69, 9.17) is 5.41 Å². The molecule has 2 atom stereocenters. The van der Waals surface area contributed by atoms with E-state index in [-0.39, 0.29) is 0 Å². The number of piperazine rings is 1. The van der Waals surface area contributed by atoms with Gasteiger partial charge in [-0.25, -0.2) is 0 Å². The summed E-state index contributed by atoms with van der Waals surface area (Å²) in [6.07, 6.45) is 5.20. The van der Waals surface area contributed by atoms with Crippen molar-refractivity contribution in [2.75, 3.05) is 39.8 Å². The first-order valence-electron chi connectivity index (χ1n) is 6.31. The van der Waals surface area contributed by atoms with Crippen molar-refractivity contribution in [3.63, 3.8) is 0 Å². The molecule has 16 heavy (non-hydrogen) atoms. The number of nitrogens with zero attached hydrogens (tertiary/aromatic N) is 2. The summed E-state index contributed by atoms with van der Waals surface area (Å²) in [5.41, 5.74) is 0.794. The highest BCUT2D eigenvalue weighted by Gasteiger charge is 2.23. The molecule has 3 nitrogen and oxygen atoms in total. The molecule has 1 saturated heterocycles. The monoisotopic (exact) mass is 221 g/mol. The summed E-state index contributed by atoms with van der Waals surface area (Å²) in [6.45, 7) is 8.24. The molecule has 3 heteroatoms. The number of likely N-dealkylation sites (N-methyl/N-ethyl adjacent to an activating group) is 1. The van der Waals surface area contributed by atoms with E-state index in [2.05, 4.69) is 29.8 Å². The van der Waals surface area contributed by atoms with Gasteiger partial charge in [0.2, 0.25) is 0 Å². The predicted molar refractivity (Wildman–Crippen MR) is 68.1 cm³/mol. The molecule has 2 aliphatic rings. The van der Waals surface area contributed by atoms with E-state index in [1.165, 1.54) is 32.7 Å². The van der Waals surface area contributed by atoms with Crippen LogP contribution < -0.4 is 0 Å². The molecule has 0 saturated carbocycles. The molecule has 0 aromatic heterocycles. The van der Waals surface area contributed by atoms with Crippen molar-refractivity contribution in [2.24, 2.45) is 11.8 Å². The molecule has 2 unspecified atom stereocenters. The second kappa shape index (κ2) is 5.11. The number of nitrogens with one attached hydrogen (secondary N) is 1. The fourth-order valence-corrected chi connectivity index (χ4v) is 2.57. The first-order valence-corrected chi connectivity index (χ1v) is 6.31. The second-order valence-electron chi connectivity index (χ2n) is 5.33. The van der Waals surface area contributed by atoms with Crippen LogP contribution in [0.25, 0.3) is 0 Å². The third-order valence-electron chi connectivity index (χ3n) is 3.88. The summed E-state index contributed by atoms with van der Waals surface area (Å²) in [6, 6.07) is 0. The standard InChI is InChI=1S/C13H23N3/c1-11-9-13(14)4-3-12(11)10-16-7-5-15(2)6-8-16/h3-4,11-12,14H,5-10H2,1-2H3. The van der Waals surface area contributed by atoms with Gasteiger partial charge < -0.3 is 15.2 Å². The Kier molecular flexibility index (Phi) is 3.77. The van der Waals surface area contributed by atoms with Crippen LogP contribution in [0.15, 0.2) is 12.2 Å². The van der Waals surface area contributed by atoms with E-state index in [9.17, 15) is 0 Å². The van der Waals surface area contributed by atoms with Crippen molar-refractivity contribution in [1.29, 1.82) is 5.41 Å². The molecule has 1 fully saturated rings. The molecule has 0 aromatic rings. The fraction of sp³-hybridized carbons (Fsp3) is 0.769. The molecule has 1 aliphatic heterocycles. The number of rotatable bonds is 2. The highest BCUT2D eigenvalue weighted by Crippen LogP contribution is 2.23. The zero-order chi connectivity index (χ0) is 11.5. The van der Waals surface area contributed by atoms with E-state index in [1.54, 1.807) is 0 Å². The van der Waals surface area contributed by atoms with Gasteiger partial charge in [0, 0.05) is 38.4 Å². The van der Waals surface area contributed by atoms with Crippen molar-refractivity contribution >= 4 is 5.71 Å². The van der Waals surface area contributed by atoms with Crippen molar-refractivity contribution in [3.05, 3.63) is 12.2 Å². The minimum Gasteiger partial charge on any atom is -0.305 e. The smallest absolute Gasteiger partial charge is 0.0313 e. The first kappa shape index (κ1) is 11.8. The third kappa shape index (κ3) is 2.92. The van der Waals surface area contributed by atoms with Crippen molar-refractivity contribution in [2.45, 2.75) is 13.3 Å². The SMILES string of the molecule is CC1CC(=N)C=CC1CN1CCN(C)CC1. The molecule has 0 spiro atoms. The Labute approximate surface area is 98.6 Å². The molecule has 0 aromatic carbocycles. The van der Waals surface area contributed by atoms with Crippen LogP contribution in [0.4, 0.5) is 0 Å². The van der Waals surface area contributed by atoms with E-state index in [0.29, 0.717) is 11.8 Å². The van der Waals surface area contributed by atoms with Crippen molar-refractivity contribution in [3.8, 4) is 0 Å². The highest BCUT2D eigenvalue weighted by atomic mass is 15.2. The minimum absolute atomic E-state index is 0.636. The van der Waals surface area contributed by atoms with E-state index < -0.39 is 0 Å². The van der Waals surface area contributed by atoms with Crippen LogP contribution >= 0.6 is 0 Å². The normalized spacial score (nSPS) is 33.2. The lowest BCUT2D eigenvalue weighted by Gasteiger charge is -2.36. The van der Waals surface area contributed by atoms with Gasteiger partial charge in [0.15, 0.2) is 0 Å². The summed E-state index contributed by atoms with van der Waals surface area (Å²) in [5.74, 6) is 1.29. The summed E-state index contributed by atoms with van der Waals surface area (Å²) in [7, 11) is 2.20. The van der Waals surface area contributed by atoms with Crippen LogP contribution in [0.5, 0.6) is 0 Å². The van der Waals surface area contributed by atoms with Gasteiger partial charge in [-0.2, -0.15) is 0 Å². The van der Waals surface area contributed by atoms with E-state index in [0.717, 1.165) is 12.1 Å². The molecule has 0 bridgehead atoms. The number of hydrogen-bond acceptors (Lipinski definition) is 3. The lowest BCUT2D eigenvalue weighted by molar-refractivity contribution is 0.133. The maximum atomic E-state index is 7.65. The quantitative estimate of drug-likeness (QED) is 0.765. The number of hydrogen-bond donors (Lipinski definition) is 1. The Morgan fingerprint density at radius 2 is 2.00 bits per heavy atom. The molecule has 2 rings (SSSR count). The molecular weight excluding hydrogens is 198 g/mol. The van der Waals surface area contributed by atoms with Gasteiger partial charge in [0.1, 0.15) is 0 Å². The average Bonchev–Trinajstić information content (AvgIpc) is 2.25. The van der Waals surface area contributed by atoms with Crippen LogP contribution in [0.3, 0.4) is 0 Å². The average molecular weight is 221 g/mol. The second-order valence-corrected chi connectivity index (χ2v) is 5.33. The van der Waals surface area contributed by atoms with Crippen LogP contribution in [0.2, 0.25) is 0 Å². The summed E-state index contributed by atoms with van der Waals surface area (Å²) in [5, 5.41) is 7.65. The van der Waals surface area contributed by atoms with Gasteiger partial charge >= 0.3 is 0 Å². The lowest BCUT2D eigenvalue weighted by Crippen LogP contribution is -2.46. The first-order chi connectivity index (χ1) is 7.65. The Hall–Kier alpha value is -0.670. The third-order valence-corrected chi connectivity index (χ3v) is 3.88. The zero-order valence-electron chi connectivity index (χ0n) is 10.4. The maximum absolute atomic E-state index is 7.65. The van der Waals surface area contributed by atoms with E-state index in [1.807, 2.05) is 6.08 Å². The maximum Gasteiger partial charge on any atom is 0.0313 e. The topological polar surface area (TPSA) is 30.3 Å². The Morgan fingerprint density at radius 1 is 1.31 bits per heavy atom. The van der Waals surface area contributed by atoms with Crippen LogP contribution in [0, 0.1) is 17.2 Å². The zero-order valence-corrected chi connectivity index (χ0v) is 10.4. The van der Waals surface area contributed by atoms with Gasteiger partial charge in [-0.15, -0.1) is 0 Å². The molecule has 1 aliphatic carbocycles. The van der Waals surface area contributed by atoms with Gasteiger partial charge in [0.05, 0.1) is 0 Å².